The summed E-state index contributed by atoms with van der Waals surface area (Å²) < 4.78 is 0. The molecule has 0 bridgehead atoms. The zero-order chi connectivity index (χ0) is 12.5. The SMILES string of the molecule is NC(C(=O)O)C(O)c1cc(O)c(O)c(O)c1. The molecule has 0 heterocycles. The van der Waals surface area contributed by atoms with Crippen LogP contribution in [0.2, 0.25) is 0 Å². The number of hydrogen-bond acceptors (Lipinski definition) is 6. The molecule has 88 valence electrons. The molecule has 0 aliphatic heterocycles. The average molecular weight is 229 g/mol. The first-order chi connectivity index (χ1) is 7.34. The molecule has 0 aliphatic rings. The summed E-state index contributed by atoms with van der Waals surface area (Å²) in [7, 11) is 0. The monoisotopic (exact) mass is 229 g/mol. The molecule has 1 rings (SSSR count). The molecule has 16 heavy (non-hydrogen) atoms. The van der Waals surface area contributed by atoms with Gasteiger partial charge in [-0.3, -0.25) is 4.79 Å². The predicted molar refractivity (Wildman–Crippen MR) is 52.0 cm³/mol. The number of hydrogen-bond donors (Lipinski definition) is 6. The maximum absolute atomic E-state index is 10.5. The lowest BCUT2D eigenvalue weighted by Gasteiger charge is -2.16. The van der Waals surface area contributed by atoms with Crippen molar-refractivity contribution in [1.82, 2.24) is 0 Å². The van der Waals surface area contributed by atoms with Crippen LogP contribution in [0, 0.1) is 0 Å². The number of aromatic hydroxyl groups is 3. The highest BCUT2D eigenvalue weighted by Gasteiger charge is 2.25. The van der Waals surface area contributed by atoms with Crippen LogP contribution in [0.3, 0.4) is 0 Å². The normalized spacial score (nSPS) is 14.4. The molecule has 0 saturated carbocycles. The van der Waals surface area contributed by atoms with Crippen LogP contribution in [0.4, 0.5) is 0 Å². The summed E-state index contributed by atoms with van der Waals surface area (Å²) in [4.78, 5) is 10.5. The number of aliphatic hydroxyl groups excluding tert-OH is 1. The Hall–Kier alpha value is -1.99. The van der Waals surface area contributed by atoms with Gasteiger partial charge in [0.1, 0.15) is 12.1 Å². The lowest BCUT2D eigenvalue weighted by atomic mass is 10.0. The van der Waals surface area contributed by atoms with Crippen LogP contribution in [0.1, 0.15) is 11.7 Å². The molecule has 7 nitrogen and oxygen atoms in total. The topological polar surface area (TPSA) is 144 Å². The van der Waals surface area contributed by atoms with Gasteiger partial charge in [0.2, 0.25) is 0 Å². The number of phenols is 3. The third kappa shape index (κ3) is 2.15. The molecule has 2 atom stereocenters. The highest BCUT2D eigenvalue weighted by molar-refractivity contribution is 5.74. The van der Waals surface area contributed by atoms with Crippen LogP contribution < -0.4 is 5.73 Å². The van der Waals surface area contributed by atoms with Crippen molar-refractivity contribution in [3.05, 3.63) is 17.7 Å². The van der Waals surface area contributed by atoms with Gasteiger partial charge in [-0.1, -0.05) is 0 Å². The Bertz CT molecular complexity index is 395. The van der Waals surface area contributed by atoms with Gasteiger partial charge >= 0.3 is 5.97 Å². The van der Waals surface area contributed by atoms with Gasteiger partial charge in [0.25, 0.3) is 0 Å². The Balaban J connectivity index is 3.10. The van der Waals surface area contributed by atoms with Gasteiger partial charge in [0, 0.05) is 0 Å². The number of aliphatic carboxylic acids is 1. The second-order valence-corrected chi connectivity index (χ2v) is 3.22. The molecule has 1 aromatic rings. The molecule has 1 aromatic carbocycles. The summed E-state index contributed by atoms with van der Waals surface area (Å²) in [6.07, 6.45) is -1.60. The Morgan fingerprint density at radius 1 is 1.19 bits per heavy atom. The van der Waals surface area contributed by atoms with Crippen LogP contribution in [-0.4, -0.2) is 37.5 Å². The van der Waals surface area contributed by atoms with Crippen molar-refractivity contribution in [3.63, 3.8) is 0 Å². The number of benzene rings is 1. The van der Waals surface area contributed by atoms with Crippen molar-refractivity contribution >= 4 is 5.97 Å². The van der Waals surface area contributed by atoms with E-state index < -0.39 is 35.4 Å². The largest absolute Gasteiger partial charge is 0.504 e. The molecule has 7 heteroatoms. The van der Waals surface area contributed by atoms with Gasteiger partial charge in [0.05, 0.1) is 0 Å². The molecule has 0 aliphatic carbocycles. The number of carboxylic acids is 1. The molecule has 0 amide bonds. The summed E-state index contributed by atoms with van der Waals surface area (Å²) in [5.74, 6) is -3.53. The lowest BCUT2D eigenvalue weighted by molar-refractivity contribution is -0.141. The minimum absolute atomic E-state index is 0.109. The molecule has 0 fully saturated rings. The fourth-order valence-corrected chi connectivity index (χ4v) is 1.14. The average Bonchev–Trinajstić information content (AvgIpc) is 2.22. The first kappa shape index (κ1) is 12.1. The van der Waals surface area contributed by atoms with E-state index in [9.17, 15) is 9.90 Å². The summed E-state index contributed by atoms with van der Waals surface area (Å²) in [5.41, 5.74) is 5.05. The van der Waals surface area contributed by atoms with Gasteiger partial charge in [-0.05, 0) is 17.7 Å². The first-order valence-electron chi connectivity index (χ1n) is 4.26. The quantitative estimate of drug-likeness (QED) is 0.374. The Morgan fingerprint density at radius 3 is 2.00 bits per heavy atom. The van der Waals surface area contributed by atoms with Crippen LogP contribution in [0.5, 0.6) is 17.2 Å². The van der Waals surface area contributed by atoms with Crippen molar-refractivity contribution in [3.8, 4) is 17.2 Å². The fourth-order valence-electron chi connectivity index (χ4n) is 1.14. The predicted octanol–water partition coefficient (Wildman–Crippen LogP) is -0.751. The maximum atomic E-state index is 10.5. The van der Waals surface area contributed by atoms with E-state index in [-0.39, 0.29) is 5.56 Å². The summed E-state index contributed by atoms with van der Waals surface area (Å²) >= 11 is 0. The minimum Gasteiger partial charge on any atom is -0.504 e. The van der Waals surface area contributed by atoms with E-state index in [1.54, 1.807) is 0 Å². The van der Waals surface area contributed by atoms with E-state index in [0.29, 0.717) is 0 Å². The zero-order valence-corrected chi connectivity index (χ0v) is 8.03. The summed E-state index contributed by atoms with van der Waals surface area (Å²) in [6.45, 7) is 0. The van der Waals surface area contributed by atoms with Gasteiger partial charge in [-0.15, -0.1) is 0 Å². The van der Waals surface area contributed by atoms with Crippen LogP contribution in [0.25, 0.3) is 0 Å². The van der Waals surface area contributed by atoms with E-state index in [2.05, 4.69) is 0 Å². The molecule has 0 saturated heterocycles. The molecular weight excluding hydrogens is 218 g/mol. The Morgan fingerprint density at radius 2 is 1.62 bits per heavy atom. The van der Waals surface area contributed by atoms with Crippen LogP contribution >= 0.6 is 0 Å². The highest BCUT2D eigenvalue weighted by Crippen LogP contribution is 2.37. The van der Waals surface area contributed by atoms with E-state index in [4.69, 9.17) is 26.2 Å². The third-order valence-corrected chi connectivity index (χ3v) is 2.06. The molecule has 0 radical (unpaired) electrons. The fraction of sp³-hybridized carbons (Fsp3) is 0.222. The molecule has 2 unspecified atom stereocenters. The molecule has 0 aromatic heterocycles. The second kappa shape index (κ2) is 4.25. The summed E-state index contributed by atoms with van der Waals surface area (Å²) in [5, 5.41) is 45.3. The number of nitrogens with two attached hydrogens (primary N) is 1. The number of carboxylic acid groups (broad SMARTS) is 1. The Kier molecular flexibility index (Phi) is 3.21. The molecular formula is C9H11NO6. The van der Waals surface area contributed by atoms with Crippen molar-refractivity contribution in [2.45, 2.75) is 12.1 Å². The first-order valence-corrected chi connectivity index (χ1v) is 4.26. The van der Waals surface area contributed by atoms with E-state index >= 15 is 0 Å². The molecule has 0 spiro atoms. The zero-order valence-electron chi connectivity index (χ0n) is 8.03. The second-order valence-electron chi connectivity index (χ2n) is 3.22. The maximum Gasteiger partial charge on any atom is 0.323 e. The van der Waals surface area contributed by atoms with Crippen molar-refractivity contribution in [1.29, 1.82) is 0 Å². The number of carbonyl (C=O) groups is 1. The van der Waals surface area contributed by atoms with E-state index in [1.165, 1.54) is 0 Å². The van der Waals surface area contributed by atoms with Crippen molar-refractivity contribution < 1.29 is 30.3 Å². The highest BCUT2D eigenvalue weighted by atomic mass is 16.4. The van der Waals surface area contributed by atoms with Gasteiger partial charge in [-0.25, -0.2) is 0 Å². The lowest BCUT2D eigenvalue weighted by Crippen LogP contribution is -2.36. The summed E-state index contributed by atoms with van der Waals surface area (Å²) in [6, 6.07) is 0.244. The standard InChI is InChI=1S/C9H11NO6/c10-6(9(15)16)7(13)3-1-4(11)8(14)5(12)2-3/h1-2,6-7,11-14H,10H2,(H,15,16). The van der Waals surface area contributed by atoms with Gasteiger partial charge in [0.15, 0.2) is 17.2 Å². The van der Waals surface area contributed by atoms with Crippen LogP contribution in [0.15, 0.2) is 12.1 Å². The Labute approximate surface area is 90.0 Å². The van der Waals surface area contributed by atoms with Gasteiger partial charge < -0.3 is 31.3 Å². The number of rotatable bonds is 3. The third-order valence-electron chi connectivity index (χ3n) is 2.06. The van der Waals surface area contributed by atoms with Gasteiger partial charge in [-0.2, -0.15) is 0 Å². The molecule has 7 N–H and O–H groups in total. The van der Waals surface area contributed by atoms with Crippen molar-refractivity contribution in [2.75, 3.05) is 0 Å². The van der Waals surface area contributed by atoms with E-state index in [1.807, 2.05) is 0 Å². The smallest absolute Gasteiger partial charge is 0.323 e. The number of aliphatic hydroxyl groups is 1. The van der Waals surface area contributed by atoms with E-state index in [0.717, 1.165) is 12.1 Å². The van der Waals surface area contributed by atoms with Crippen LogP contribution in [-0.2, 0) is 4.79 Å². The minimum atomic E-state index is -1.60. The number of phenolic OH excluding ortho intramolecular Hbond substituents is 3. The van der Waals surface area contributed by atoms with Crippen molar-refractivity contribution in [2.24, 2.45) is 5.73 Å².